The van der Waals surface area contributed by atoms with Crippen molar-refractivity contribution in [1.82, 2.24) is 4.31 Å². The van der Waals surface area contributed by atoms with E-state index >= 15 is 0 Å². The minimum absolute atomic E-state index is 0.0222. The summed E-state index contributed by atoms with van der Waals surface area (Å²) in [6.45, 7) is 0.190. The second-order valence-corrected chi connectivity index (χ2v) is 11.7. The van der Waals surface area contributed by atoms with Crippen LogP contribution >= 0.6 is 23.2 Å². The Kier molecular flexibility index (Phi) is 6.78. The molecular formula is C19H20Cl2N2O5S2. The van der Waals surface area contributed by atoms with Crippen molar-refractivity contribution in [2.75, 3.05) is 18.1 Å². The maximum absolute atomic E-state index is 13.2. The Bertz CT molecular complexity index is 1170. The highest BCUT2D eigenvalue weighted by atomic mass is 35.5. The number of sulfonamides is 1. The topological polar surface area (TPSA) is 101 Å². The van der Waals surface area contributed by atoms with Crippen molar-refractivity contribution in [3.63, 3.8) is 0 Å². The molecule has 1 amide bonds. The quantitative estimate of drug-likeness (QED) is 0.689. The van der Waals surface area contributed by atoms with Gasteiger partial charge in [0, 0.05) is 18.5 Å². The molecule has 0 spiro atoms. The third-order valence-corrected chi connectivity index (χ3v) is 8.59. The van der Waals surface area contributed by atoms with E-state index in [1.807, 2.05) is 0 Å². The SMILES string of the molecule is CS(=O)(=O)c1ccc(S(=O)(=O)N2CCCCC2C(=O)Nc2ccc(Cl)c(Cl)c2)cc1. The molecule has 7 nitrogen and oxygen atoms in total. The van der Waals surface area contributed by atoms with Gasteiger partial charge in [-0.3, -0.25) is 4.79 Å². The van der Waals surface area contributed by atoms with Crippen LogP contribution < -0.4 is 5.32 Å². The molecule has 0 radical (unpaired) electrons. The van der Waals surface area contributed by atoms with E-state index in [0.29, 0.717) is 30.0 Å². The van der Waals surface area contributed by atoms with Crippen LogP contribution in [0.25, 0.3) is 0 Å². The van der Waals surface area contributed by atoms with Crippen LogP contribution in [0.3, 0.4) is 0 Å². The number of anilines is 1. The number of carbonyl (C=O) groups excluding carboxylic acids is 1. The van der Waals surface area contributed by atoms with Gasteiger partial charge < -0.3 is 5.32 Å². The van der Waals surface area contributed by atoms with Gasteiger partial charge in [-0.15, -0.1) is 0 Å². The molecule has 0 aromatic heterocycles. The second-order valence-electron chi connectivity index (χ2n) is 6.99. The van der Waals surface area contributed by atoms with E-state index in [9.17, 15) is 21.6 Å². The van der Waals surface area contributed by atoms with Crippen molar-refractivity contribution in [3.05, 3.63) is 52.5 Å². The van der Waals surface area contributed by atoms with E-state index in [-0.39, 0.29) is 21.4 Å². The van der Waals surface area contributed by atoms with E-state index < -0.39 is 31.8 Å². The van der Waals surface area contributed by atoms with Gasteiger partial charge >= 0.3 is 0 Å². The number of benzene rings is 2. The van der Waals surface area contributed by atoms with Gasteiger partial charge in [-0.2, -0.15) is 4.31 Å². The fraction of sp³-hybridized carbons (Fsp3) is 0.316. The molecule has 1 fully saturated rings. The molecule has 0 bridgehead atoms. The van der Waals surface area contributed by atoms with Crippen molar-refractivity contribution >= 4 is 54.7 Å². The molecule has 2 aromatic carbocycles. The minimum Gasteiger partial charge on any atom is -0.325 e. The molecule has 11 heteroatoms. The highest BCUT2D eigenvalue weighted by Gasteiger charge is 2.37. The van der Waals surface area contributed by atoms with Gasteiger partial charge in [0.25, 0.3) is 0 Å². The Morgan fingerprint density at radius 1 is 0.967 bits per heavy atom. The van der Waals surface area contributed by atoms with Crippen LogP contribution in [0, 0.1) is 0 Å². The fourth-order valence-corrected chi connectivity index (χ4v) is 5.83. The lowest BCUT2D eigenvalue weighted by atomic mass is 10.0. The molecule has 0 aliphatic carbocycles. The van der Waals surface area contributed by atoms with Gasteiger partial charge in [0.15, 0.2) is 9.84 Å². The first-order valence-electron chi connectivity index (χ1n) is 9.08. The summed E-state index contributed by atoms with van der Waals surface area (Å²) in [6.07, 6.45) is 2.74. The number of piperidine rings is 1. The summed E-state index contributed by atoms with van der Waals surface area (Å²) < 4.78 is 50.8. The molecule has 1 atom stereocenters. The lowest BCUT2D eigenvalue weighted by Crippen LogP contribution is -2.49. The standard InChI is InChI=1S/C19H20Cl2N2O5S2/c1-29(25,26)14-6-8-15(9-7-14)30(27,28)23-11-3-2-4-18(23)19(24)22-13-5-10-16(20)17(21)12-13/h5-10,12,18H,2-4,11H2,1H3,(H,22,24). The number of hydrogen-bond acceptors (Lipinski definition) is 5. The van der Waals surface area contributed by atoms with Gasteiger partial charge in [-0.1, -0.05) is 29.6 Å². The maximum Gasteiger partial charge on any atom is 0.243 e. The number of nitrogens with one attached hydrogen (secondary N) is 1. The Hall–Kier alpha value is -1.65. The first kappa shape index (κ1) is 23.0. The van der Waals surface area contributed by atoms with Crippen LogP contribution in [0.1, 0.15) is 19.3 Å². The molecule has 1 unspecified atom stereocenters. The predicted octanol–water partition coefficient (Wildman–Crippen LogP) is 3.58. The highest BCUT2D eigenvalue weighted by Crippen LogP contribution is 2.29. The third kappa shape index (κ3) is 4.97. The number of nitrogens with zero attached hydrogens (tertiary/aromatic N) is 1. The first-order chi connectivity index (χ1) is 14.0. The monoisotopic (exact) mass is 490 g/mol. The zero-order valence-corrected chi connectivity index (χ0v) is 19.2. The van der Waals surface area contributed by atoms with E-state index in [4.69, 9.17) is 23.2 Å². The largest absolute Gasteiger partial charge is 0.325 e. The van der Waals surface area contributed by atoms with Crippen LogP contribution in [0.2, 0.25) is 10.0 Å². The molecule has 1 heterocycles. The lowest BCUT2D eigenvalue weighted by molar-refractivity contribution is -0.120. The highest BCUT2D eigenvalue weighted by molar-refractivity contribution is 7.90. The number of rotatable bonds is 5. The summed E-state index contributed by atoms with van der Waals surface area (Å²) in [5.41, 5.74) is 0.412. The molecular weight excluding hydrogens is 471 g/mol. The Labute approximate surface area is 186 Å². The third-order valence-electron chi connectivity index (χ3n) is 4.80. The van der Waals surface area contributed by atoms with Crippen molar-refractivity contribution in [1.29, 1.82) is 0 Å². The summed E-state index contributed by atoms with van der Waals surface area (Å²) >= 11 is 11.9. The lowest BCUT2D eigenvalue weighted by Gasteiger charge is -2.33. The van der Waals surface area contributed by atoms with Gasteiger partial charge in [0.05, 0.1) is 19.8 Å². The van der Waals surface area contributed by atoms with Crippen molar-refractivity contribution < 1.29 is 21.6 Å². The van der Waals surface area contributed by atoms with Crippen molar-refractivity contribution in [3.8, 4) is 0 Å². The van der Waals surface area contributed by atoms with Crippen LogP contribution in [-0.4, -0.2) is 45.9 Å². The Morgan fingerprint density at radius 2 is 1.60 bits per heavy atom. The second kappa shape index (κ2) is 8.84. The molecule has 30 heavy (non-hydrogen) atoms. The zero-order valence-electron chi connectivity index (χ0n) is 16.0. The van der Waals surface area contributed by atoms with Crippen molar-refractivity contribution in [2.24, 2.45) is 0 Å². The summed E-state index contributed by atoms with van der Waals surface area (Å²) in [6, 6.07) is 8.70. The minimum atomic E-state index is -4.00. The fourth-order valence-electron chi connectivity index (χ4n) is 3.25. The van der Waals surface area contributed by atoms with Crippen molar-refractivity contribution in [2.45, 2.75) is 35.1 Å². The van der Waals surface area contributed by atoms with E-state index in [2.05, 4.69) is 5.32 Å². The smallest absolute Gasteiger partial charge is 0.243 e. The number of halogens is 2. The molecule has 2 aromatic rings. The van der Waals surface area contributed by atoms with E-state index in [1.165, 1.54) is 40.7 Å². The molecule has 162 valence electrons. The summed E-state index contributed by atoms with van der Waals surface area (Å²) in [5, 5.41) is 3.31. The molecule has 1 saturated heterocycles. The molecule has 0 saturated carbocycles. The summed E-state index contributed by atoms with van der Waals surface area (Å²) in [5.74, 6) is -0.468. The number of hydrogen-bond donors (Lipinski definition) is 1. The van der Waals surface area contributed by atoms with Crippen LogP contribution in [0.15, 0.2) is 52.3 Å². The number of amides is 1. The number of carbonyl (C=O) groups is 1. The van der Waals surface area contributed by atoms with Crippen LogP contribution in [0.4, 0.5) is 5.69 Å². The van der Waals surface area contributed by atoms with E-state index in [1.54, 1.807) is 6.07 Å². The van der Waals surface area contributed by atoms with Gasteiger partial charge in [-0.05, 0) is 55.3 Å². The Morgan fingerprint density at radius 3 is 2.20 bits per heavy atom. The Balaban J connectivity index is 1.86. The molecule has 1 N–H and O–H groups in total. The van der Waals surface area contributed by atoms with E-state index in [0.717, 1.165) is 6.26 Å². The van der Waals surface area contributed by atoms with Gasteiger partial charge in [0.1, 0.15) is 6.04 Å². The predicted molar refractivity (Wildman–Crippen MR) is 116 cm³/mol. The normalized spacial score (nSPS) is 18.2. The average Bonchev–Trinajstić information content (AvgIpc) is 2.70. The molecule has 3 rings (SSSR count). The van der Waals surface area contributed by atoms with Gasteiger partial charge in [-0.25, -0.2) is 16.8 Å². The summed E-state index contributed by atoms with van der Waals surface area (Å²) in [7, 11) is -7.44. The maximum atomic E-state index is 13.2. The summed E-state index contributed by atoms with van der Waals surface area (Å²) in [4.78, 5) is 12.8. The first-order valence-corrected chi connectivity index (χ1v) is 13.2. The van der Waals surface area contributed by atoms with Crippen LogP contribution in [0.5, 0.6) is 0 Å². The molecule has 1 aliphatic rings. The van der Waals surface area contributed by atoms with Crippen LogP contribution in [-0.2, 0) is 24.7 Å². The number of sulfone groups is 1. The zero-order chi connectivity index (χ0) is 22.1. The molecule has 1 aliphatic heterocycles. The van der Waals surface area contributed by atoms with Gasteiger partial charge in [0.2, 0.25) is 15.9 Å². The average molecular weight is 491 g/mol.